The Morgan fingerprint density at radius 3 is 2.82 bits per heavy atom. The van der Waals surface area contributed by atoms with Gasteiger partial charge in [-0.1, -0.05) is 17.7 Å². The molecule has 1 fully saturated rings. The van der Waals surface area contributed by atoms with Gasteiger partial charge in [-0.2, -0.15) is 0 Å². The first-order valence-corrected chi connectivity index (χ1v) is 13.3. The first kappa shape index (κ1) is 25.1. The highest BCUT2D eigenvalue weighted by molar-refractivity contribution is 7.90. The molecule has 2 aliphatic heterocycles. The van der Waals surface area contributed by atoms with Crippen LogP contribution in [-0.2, 0) is 20.9 Å². The van der Waals surface area contributed by atoms with Crippen molar-refractivity contribution in [2.75, 3.05) is 13.2 Å². The van der Waals surface area contributed by atoms with E-state index in [1.54, 1.807) is 19.2 Å². The normalized spacial score (nSPS) is 21.4. The fourth-order valence-corrected chi connectivity index (χ4v) is 5.65. The van der Waals surface area contributed by atoms with E-state index in [0.29, 0.717) is 40.6 Å². The zero-order valence-electron chi connectivity index (χ0n) is 19.3. The van der Waals surface area contributed by atoms with Gasteiger partial charge < -0.3 is 14.2 Å². The minimum absolute atomic E-state index is 0.171. The summed E-state index contributed by atoms with van der Waals surface area (Å²) in [5.41, 5.74) is 1.57. The Hall–Kier alpha value is -1.98. The second-order valence-corrected chi connectivity index (χ2v) is 12.2. The molecule has 0 amide bonds. The van der Waals surface area contributed by atoms with E-state index < -0.39 is 33.9 Å². The Morgan fingerprint density at radius 2 is 2.21 bits per heavy atom. The number of aliphatic imine (C=N–C) groups is 1. The van der Waals surface area contributed by atoms with Crippen LogP contribution in [0.4, 0.5) is 4.39 Å². The first-order chi connectivity index (χ1) is 16.1. The van der Waals surface area contributed by atoms with E-state index in [9.17, 15) is 13.7 Å². The average Bonchev–Trinajstić information content (AvgIpc) is 3.42. The number of hydrogen-bond acceptors (Lipinski definition) is 8. The predicted molar refractivity (Wildman–Crippen MR) is 133 cm³/mol. The molecule has 0 aliphatic carbocycles. The molecule has 7 nitrogen and oxygen atoms in total. The highest BCUT2D eigenvalue weighted by Gasteiger charge is 2.44. The smallest absolute Gasteiger partial charge is 0.338 e. The molecule has 2 aliphatic rings. The summed E-state index contributed by atoms with van der Waals surface area (Å²) in [5.74, 6) is -0.392. The van der Waals surface area contributed by atoms with Gasteiger partial charge in [-0.15, -0.1) is 16.1 Å². The van der Waals surface area contributed by atoms with Crippen LogP contribution in [0.15, 0.2) is 46.0 Å². The third-order valence-corrected chi connectivity index (χ3v) is 8.22. The molecule has 0 saturated carbocycles. The lowest BCUT2D eigenvalue weighted by atomic mass is 9.94. The molecule has 2 aromatic rings. The standard InChI is InChI=1S/C23H26ClFN4O3S2/c1-5-32-22(30)18-17-11-14(28-34(31)23(2,3)4)12-29(17)20(21-26-8-9-33-21)27-19(18)15-7-6-13(25)10-16(15)24/h6-10,14,19,28H,5,11-12H2,1-4H3/t14-,19-,34?/m0/s1. The molecule has 1 aromatic heterocycles. The van der Waals surface area contributed by atoms with E-state index in [2.05, 4.69) is 9.71 Å². The second kappa shape index (κ2) is 9.94. The lowest BCUT2D eigenvalue weighted by molar-refractivity contribution is -0.139. The van der Waals surface area contributed by atoms with Crippen LogP contribution in [0.2, 0.25) is 5.02 Å². The van der Waals surface area contributed by atoms with Gasteiger partial charge in [0.15, 0.2) is 10.8 Å². The van der Waals surface area contributed by atoms with Gasteiger partial charge in [0.1, 0.15) is 16.6 Å². The molecule has 1 unspecified atom stereocenters. The third-order valence-electron chi connectivity index (χ3n) is 5.47. The molecule has 1 saturated heterocycles. The van der Waals surface area contributed by atoms with Crippen molar-refractivity contribution in [3.05, 3.63) is 62.5 Å². The number of carbonyl (C=O) groups excluding carboxylic acids is 1. The van der Waals surface area contributed by atoms with Crippen LogP contribution in [0, 0.1) is 5.82 Å². The Bertz CT molecular complexity index is 1130. The minimum Gasteiger partial charge on any atom is -0.598 e. The largest absolute Gasteiger partial charge is 0.598 e. The summed E-state index contributed by atoms with van der Waals surface area (Å²) >= 11 is 6.54. The number of esters is 1. The maximum absolute atomic E-state index is 13.8. The van der Waals surface area contributed by atoms with Gasteiger partial charge in [0.2, 0.25) is 0 Å². The number of nitrogens with one attached hydrogen (secondary N) is 1. The molecule has 0 radical (unpaired) electrons. The molecule has 34 heavy (non-hydrogen) atoms. The number of carbonyl (C=O) groups is 1. The van der Waals surface area contributed by atoms with Crippen molar-refractivity contribution in [1.29, 1.82) is 0 Å². The van der Waals surface area contributed by atoms with Gasteiger partial charge in [0.25, 0.3) is 0 Å². The van der Waals surface area contributed by atoms with E-state index in [4.69, 9.17) is 21.3 Å². The minimum atomic E-state index is -1.30. The van der Waals surface area contributed by atoms with Crippen molar-refractivity contribution in [3.63, 3.8) is 0 Å². The number of halogens is 2. The van der Waals surface area contributed by atoms with Gasteiger partial charge in [-0.05, 0) is 39.8 Å². The van der Waals surface area contributed by atoms with Crippen LogP contribution in [0.25, 0.3) is 0 Å². The second-order valence-electron chi connectivity index (χ2n) is 8.95. The van der Waals surface area contributed by atoms with Crippen molar-refractivity contribution in [2.45, 2.75) is 50.9 Å². The number of aromatic nitrogens is 1. The summed E-state index contributed by atoms with van der Waals surface area (Å²) in [6.45, 7) is 8.09. The number of benzene rings is 1. The van der Waals surface area contributed by atoms with Crippen LogP contribution in [0.3, 0.4) is 0 Å². The SMILES string of the molecule is CCOC(=O)C1=C2C[C@H](N[S+]([O-])C(C)(C)C)CN2C(c2nccs2)=N[C@H]1c1ccc(F)cc1Cl. The Morgan fingerprint density at radius 1 is 1.44 bits per heavy atom. The predicted octanol–water partition coefficient (Wildman–Crippen LogP) is 4.38. The number of rotatable bonds is 6. The van der Waals surface area contributed by atoms with Crippen molar-refractivity contribution in [2.24, 2.45) is 4.99 Å². The van der Waals surface area contributed by atoms with Gasteiger partial charge in [0, 0.05) is 52.2 Å². The van der Waals surface area contributed by atoms with E-state index in [1.807, 2.05) is 31.1 Å². The van der Waals surface area contributed by atoms with Gasteiger partial charge in [-0.25, -0.2) is 14.2 Å². The van der Waals surface area contributed by atoms with Crippen LogP contribution >= 0.6 is 22.9 Å². The van der Waals surface area contributed by atoms with Crippen LogP contribution < -0.4 is 4.72 Å². The third kappa shape index (κ3) is 5.01. The molecule has 4 rings (SSSR count). The van der Waals surface area contributed by atoms with E-state index in [1.165, 1.54) is 23.5 Å². The molecule has 0 bridgehead atoms. The number of fused-ring (bicyclic) bond motifs is 1. The lowest BCUT2D eigenvalue weighted by Crippen LogP contribution is -2.46. The number of thiazole rings is 1. The molecule has 1 aromatic carbocycles. The fraction of sp³-hybridized carbons (Fsp3) is 0.435. The summed E-state index contributed by atoms with van der Waals surface area (Å²) < 4.78 is 34.7. The lowest BCUT2D eigenvalue weighted by Gasteiger charge is -2.31. The monoisotopic (exact) mass is 524 g/mol. The number of nitrogens with zero attached hydrogens (tertiary/aromatic N) is 3. The topological polar surface area (TPSA) is 89.9 Å². The highest BCUT2D eigenvalue weighted by Crippen LogP contribution is 2.42. The highest BCUT2D eigenvalue weighted by atomic mass is 35.5. The first-order valence-electron chi connectivity index (χ1n) is 10.9. The summed E-state index contributed by atoms with van der Waals surface area (Å²) in [6.07, 6.45) is 2.13. The Kier molecular flexibility index (Phi) is 7.35. The summed E-state index contributed by atoms with van der Waals surface area (Å²) in [6, 6.07) is 3.07. The number of ether oxygens (including phenoxy) is 1. The molecule has 182 valence electrons. The van der Waals surface area contributed by atoms with E-state index in [-0.39, 0.29) is 17.7 Å². The molecule has 1 N–H and O–H groups in total. The quantitative estimate of drug-likeness (QED) is 0.445. The average molecular weight is 525 g/mol. The summed E-state index contributed by atoms with van der Waals surface area (Å²) in [5, 5.41) is 2.70. The molecule has 11 heteroatoms. The molecular formula is C23H26ClFN4O3S2. The zero-order valence-corrected chi connectivity index (χ0v) is 21.7. The van der Waals surface area contributed by atoms with Crippen LogP contribution in [-0.4, -0.2) is 50.2 Å². The van der Waals surface area contributed by atoms with Crippen LogP contribution in [0.1, 0.15) is 50.7 Å². The Balaban J connectivity index is 1.83. The van der Waals surface area contributed by atoms with Gasteiger partial charge in [-0.3, -0.25) is 4.99 Å². The molecule has 3 atom stereocenters. The molecule has 3 heterocycles. The maximum atomic E-state index is 13.8. The van der Waals surface area contributed by atoms with E-state index >= 15 is 0 Å². The van der Waals surface area contributed by atoms with Crippen molar-refractivity contribution in [3.8, 4) is 0 Å². The maximum Gasteiger partial charge on any atom is 0.338 e. The van der Waals surface area contributed by atoms with Crippen LogP contribution in [0.5, 0.6) is 0 Å². The van der Waals surface area contributed by atoms with Crippen molar-refractivity contribution < 1.29 is 18.5 Å². The van der Waals surface area contributed by atoms with Gasteiger partial charge in [0.05, 0.1) is 18.2 Å². The fourth-order valence-electron chi connectivity index (χ4n) is 3.92. The zero-order chi connectivity index (χ0) is 24.6. The number of amidine groups is 1. The van der Waals surface area contributed by atoms with Gasteiger partial charge >= 0.3 is 5.97 Å². The van der Waals surface area contributed by atoms with E-state index in [0.717, 1.165) is 0 Å². The molecule has 0 spiro atoms. The van der Waals surface area contributed by atoms with Crippen molar-refractivity contribution in [1.82, 2.24) is 14.6 Å². The summed E-state index contributed by atoms with van der Waals surface area (Å²) in [4.78, 5) is 24.5. The summed E-state index contributed by atoms with van der Waals surface area (Å²) in [7, 11) is 0. The molecular weight excluding hydrogens is 499 g/mol. The number of hydrogen-bond donors (Lipinski definition) is 1. The Labute approximate surface area is 210 Å². The van der Waals surface area contributed by atoms with Crippen molar-refractivity contribution >= 4 is 46.1 Å².